The summed E-state index contributed by atoms with van der Waals surface area (Å²) >= 11 is 0. The van der Waals surface area contributed by atoms with Gasteiger partial charge in [-0.15, -0.1) is 0 Å². The van der Waals surface area contributed by atoms with Gasteiger partial charge in [-0.2, -0.15) is 0 Å². The van der Waals surface area contributed by atoms with Gasteiger partial charge in [-0.1, -0.05) is 72.8 Å². The van der Waals surface area contributed by atoms with Crippen LogP contribution in [0.25, 0.3) is 5.70 Å². The average molecular weight is 524 g/mol. The van der Waals surface area contributed by atoms with Crippen molar-refractivity contribution in [3.8, 4) is 5.75 Å². The third-order valence-corrected chi connectivity index (χ3v) is 6.81. The highest BCUT2D eigenvalue weighted by atomic mass is 16.5. The van der Waals surface area contributed by atoms with E-state index in [4.69, 9.17) is 9.47 Å². The second-order valence-electron chi connectivity index (χ2n) is 9.24. The van der Waals surface area contributed by atoms with E-state index in [2.05, 4.69) is 5.32 Å². The number of hydrogen-bond donors (Lipinski definition) is 1. The number of anilines is 1. The molecule has 39 heavy (non-hydrogen) atoms. The van der Waals surface area contributed by atoms with Gasteiger partial charge in [-0.05, 0) is 35.7 Å². The Hall–Kier alpha value is -4.85. The lowest BCUT2D eigenvalue weighted by Crippen LogP contribution is -2.43. The maximum Gasteiger partial charge on any atom is 0.337 e. The van der Waals surface area contributed by atoms with Crippen LogP contribution >= 0.6 is 0 Å². The molecule has 198 valence electrons. The SMILES string of the molecule is CCOC(=O)C1=C(c2ccccc2)Nc2c(c(=O)n(C)c(=O)n2C)C1c1ccc(OCc2ccccc2)cc1. The largest absolute Gasteiger partial charge is 0.489 e. The van der Waals surface area contributed by atoms with Crippen LogP contribution in [0.1, 0.15) is 35.1 Å². The van der Waals surface area contributed by atoms with E-state index in [1.54, 1.807) is 14.0 Å². The molecule has 1 atom stereocenters. The second-order valence-corrected chi connectivity index (χ2v) is 9.24. The zero-order valence-corrected chi connectivity index (χ0v) is 22.0. The molecule has 1 aliphatic heterocycles. The maximum atomic E-state index is 13.6. The Labute approximate surface area is 225 Å². The van der Waals surface area contributed by atoms with Crippen LogP contribution in [0.15, 0.2) is 100 Å². The Balaban J connectivity index is 1.68. The van der Waals surface area contributed by atoms with Gasteiger partial charge in [0.1, 0.15) is 18.2 Å². The topological polar surface area (TPSA) is 91.6 Å². The summed E-state index contributed by atoms with van der Waals surface area (Å²) in [6, 6.07) is 26.5. The Bertz CT molecular complexity index is 1650. The molecule has 0 fully saturated rings. The van der Waals surface area contributed by atoms with Crippen molar-refractivity contribution < 1.29 is 14.3 Å². The summed E-state index contributed by atoms with van der Waals surface area (Å²) in [5.41, 5.74) is 2.58. The van der Waals surface area contributed by atoms with Crippen LogP contribution in [0.2, 0.25) is 0 Å². The van der Waals surface area contributed by atoms with Crippen molar-refractivity contribution in [3.63, 3.8) is 0 Å². The van der Waals surface area contributed by atoms with E-state index in [0.717, 1.165) is 15.7 Å². The van der Waals surface area contributed by atoms with Gasteiger partial charge in [0.25, 0.3) is 5.56 Å². The molecule has 1 aliphatic rings. The van der Waals surface area contributed by atoms with E-state index < -0.39 is 23.1 Å². The summed E-state index contributed by atoms with van der Waals surface area (Å²) in [7, 11) is 3.03. The molecule has 1 aromatic heterocycles. The normalized spacial score (nSPS) is 14.4. The predicted octanol–water partition coefficient (Wildman–Crippen LogP) is 4.19. The summed E-state index contributed by atoms with van der Waals surface area (Å²) in [6.07, 6.45) is 0. The molecular weight excluding hydrogens is 494 g/mol. The number of carbonyl (C=O) groups is 1. The molecule has 1 unspecified atom stereocenters. The number of nitrogens with zero attached hydrogens (tertiary/aromatic N) is 2. The highest BCUT2D eigenvalue weighted by Gasteiger charge is 2.38. The number of benzene rings is 3. The highest BCUT2D eigenvalue weighted by Crippen LogP contribution is 2.43. The fraction of sp³-hybridized carbons (Fsp3) is 0.194. The van der Waals surface area contributed by atoms with Crippen molar-refractivity contribution >= 4 is 17.5 Å². The Kier molecular flexibility index (Phi) is 7.19. The first-order valence-corrected chi connectivity index (χ1v) is 12.7. The van der Waals surface area contributed by atoms with E-state index in [9.17, 15) is 14.4 Å². The van der Waals surface area contributed by atoms with Crippen molar-refractivity contribution in [2.45, 2.75) is 19.4 Å². The molecule has 0 amide bonds. The molecule has 5 rings (SSSR count). The molecule has 0 bridgehead atoms. The minimum Gasteiger partial charge on any atom is -0.489 e. The first-order valence-electron chi connectivity index (χ1n) is 12.7. The Morgan fingerprint density at radius 1 is 0.872 bits per heavy atom. The Morgan fingerprint density at radius 2 is 1.51 bits per heavy atom. The number of aromatic nitrogens is 2. The van der Waals surface area contributed by atoms with Gasteiger partial charge < -0.3 is 14.8 Å². The predicted molar refractivity (Wildman–Crippen MR) is 150 cm³/mol. The lowest BCUT2D eigenvalue weighted by Gasteiger charge is -2.32. The fourth-order valence-corrected chi connectivity index (χ4v) is 4.85. The molecule has 4 aromatic rings. The number of hydrogen-bond acceptors (Lipinski definition) is 6. The lowest BCUT2D eigenvalue weighted by atomic mass is 9.81. The number of ether oxygens (including phenoxy) is 2. The molecule has 8 nitrogen and oxygen atoms in total. The zero-order chi connectivity index (χ0) is 27.5. The van der Waals surface area contributed by atoms with Crippen molar-refractivity contribution in [2.24, 2.45) is 14.1 Å². The minimum absolute atomic E-state index is 0.168. The molecule has 8 heteroatoms. The van der Waals surface area contributed by atoms with Crippen molar-refractivity contribution in [1.29, 1.82) is 0 Å². The summed E-state index contributed by atoms with van der Waals surface area (Å²) in [6.45, 7) is 2.31. The molecule has 0 saturated carbocycles. The summed E-state index contributed by atoms with van der Waals surface area (Å²) in [5.74, 6) is -0.344. The fourth-order valence-electron chi connectivity index (χ4n) is 4.85. The first-order chi connectivity index (χ1) is 18.9. The van der Waals surface area contributed by atoms with Crippen molar-refractivity contribution in [1.82, 2.24) is 9.13 Å². The summed E-state index contributed by atoms with van der Waals surface area (Å²) in [5, 5.41) is 3.23. The van der Waals surface area contributed by atoms with Gasteiger partial charge in [-0.25, -0.2) is 9.59 Å². The third-order valence-electron chi connectivity index (χ3n) is 6.81. The second kappa shape index (κ2) is 10.9. The molecule has 0 radical (unpaired) electrons. The number of fused-ring (bicyclic) bond motifs is 1. The standard InChI is InChI=1S/C31H29N3O5/c1-4-38-30(36)25-24(21-15-17-23(18-16-21)39-19-20-11-7-5-8-12-20)26-28(33(2)31(37)34(3)29(26)35)32-27(25)22-13-9-6-10-14-22/h5-18,24,32H,4,19H2,1-3H3. The van der Waals surface area contributed by atoms with E-state index in [1.807, 2.05) is 84.9 Å². The van der Waals surface area contributed by atoms with Gasteiger partial charge in [-0.3, -0.25) is 13.9 Å². The molecule has 0 spiro atoms. The third kappa shape index (κ3) is 4.88. The molecule has 0 aliphatic carbocycles. The summed E-state index contributed by atoms with van der Waals surface area (Å²) < 4.78 is 13.9. The maximum absolute atomic E-state index is 13.6. The molecule has 3 aromatic carbocycles. The molecule has 0 saturated heterocycles. The van der Waals surface area contributed by atoms with E-state index in [1.165, 1.54) is 11.6 Å². The Morgan fingerprint density at radius 3 is 2.15 bits per heavy atom. The monoisotopic (exact) mass is 523 g/mol. The number of nitrogens with one attached hydrogen (secondary N) is 1. The van der Waals surface area contributed by atoms with Crippen LogP contribution in [-0.2, 0) is 30.2 Å². The van der Waals surface area contributed by atoms with E-state index >= 15 is 0 Å². The van der Waals surface area contributed by atoms with Gasteiger partial charge in [0.2, 0.25) is 0 Å². The van der Waals surface area contributed by atoms with Crippen LogP contribution in [0.3, 0.4) is 0 Å². The van der Waals surface area contributed by atoms with Gasteiger partial charge in [0.15, 0.2) is 0 Å². The van der Waals surface area contributed by atoms with Crippen LogP contribution in [-0.4, -0.2) is 21.7 Å². The highest BCUT2D eigenvalue weighted by molar-refractivity contribution is 6.04. The average Bonchev–Trinajstić information content (AvgIpc) is 2.98. The van der Waals surface area contributed by atoms with Crippen LogP contribution in [0.4, 0.5) is 5.82 Å². The molecule has 2 heterocycles. The molecular formula is C31H29N3O5. The lowest BCUT2D eigenvalue weighted by molar-refractivity contribution is -0.138. The quantitative estimate of drug-likeness (QED) is 0.365. The number of carbonyl (C=O) groups excluding carboxylic acids is 1. The van der Waals surface area contributed by atoms with E-state index in [-0.39, 0.29) is 6.61 Å². The zero-order valence-electron chi connectivity index (χ0n) is 22.0. The van der Waals surface area contributed by atoms with E-state index in [0.29, 0.717) is 40.6 Å². The minimum atomic E-state index is -0.788. The molecule has 1 N–H and O–H groups in total. The van der Waals surface area contributed by atoms with Crippen LogP contribution in [0, 0.1) is 0 Å². The van der Waals surface area contributed by atoms with Crippen molar-refractivity contribution in [3.05, 3.63) is 134 Å². The number of rotatable bonds is 7. The van der Waals surface area contributed by atoms with Gasteiger partial charge in [0, 0.05) is 14.1 Å². The van der Waals surface area contributed by atoms with Gasteiger partial charge in [0.05, 0.1) is 29.4 Å². The van der Waals surface area contributed by atoms with Crippen LogP contribution in [0.5, 0.6) is 5.75 Å². The summed E-state index contributed by atoms with van der Waals surface area (Å²) in [4.78, 5) is 40.0. The smallest absolute Gasteiger partial charge is 0.337 e. The van der Waals surface area contributed by atoms with Gasteiger partial charge >= 0.3 is 11.7 Å². The number of esters is 1. The van der Waals surface area contributed by atoms with Crippen molar-refractivity contribution in [2.75, 3.05) is 11.9 Å². The van der Waals surface area contributed by atoms with Crippen LogP contribution < -0.4 is 21.3 Å². The first kappa shape index (κ1) is 25.8.